The van der Waals surface area contributed by atoms with Gasteiger partial charge in [-0.1, -0.05) is 60.1 Å². The molecule has 4 N–H and O–H groups in total. The lowest BCUT2D eigenvalue weighted by Gasteiger charge is -2.16. The van der Waals surface area contributed by atoms with Crippen molar-refractivity contribution in [1.29, 1.82) is 0 Å². The van der Waals surface area contributed by atoms with Gasteiger partial charge in [-0.15, -0.1) is 0 Å². The fourth-order valence-corrected chi connectivity index (χ4v) is 5.51. The maximum atomic E-state index is 12.7. The zero-order valence-electron chi connectivity index (χ0n) is 20.5. The molecule has 0 saturated carbocycles. The summed E-state index contributed by atoms with van der Waals surface area (Å²) in [7, 11) is -4.15. The normalized spacial score (nSPS) is 11.9. The first kappa shape index (κ1) is 27.8. The maximum Gasteiger partial charge on any atom is 0.322 e. The van der Waals surface area contributed by atoms with Crippen LogP contribution in [-0.2, 0) is 27.8 Å². The number of nitrogens with one attached hydrogen (secondary N) is 3. The number of amides is 2. The van der Waals surface area contributed by atoms with Gasteiger partial charge >= 0.3 is 12.0 Å². The number of rotatable bonds is 10. The number of sulfonamides is 1. The largest absolute Gasteiger partial charge is 0.480 e. The van der Waals surface area contributed by atoms with Crippen LogP contribution < -0.4 is 15.4 Å². The van der Waals surface area contributed by atoms with Crippen molar-refractivity contribution in [2.24, 2.45) is 0 Å². The number of nitrogens with zero attached hydrogens (tertiary/aromatic N) is 1. The zero-order chi connectivity index (χ0) is 27.8. The number of hydrogen-bond acceptors (Lipinski definition) is 5. The number of halogens is 1. The SMILES string of the molecule is O=C(NCc1ccncc1)Nc1cccc(-c2ccc(CC(NS(=O)(=O)c3ccccc3Cl)C(=O)O)cc2)c1. The first-order valence-electron chi connectivity index (χ1n) is 11.8. The summed E-state index contributed by atoms with van der Waals surface area (Å²) in [4.78, 5) is 27.9. The molecule has 0 spiro atoms. The molecule has 0 aliphatic heterocycles. The maximum absolute atomic E-state index is 12.7. The molecule has 2 amide bonds. The quantitative estimate of drug-likeness (QED) is 0.220. The van der Waals surface area contributed by atoms with E-state index < -0.39 is 22.0 Å². The average molecular weight is 565 g/mol. The number of carboxylic acids is 1. The first-order valence-corrected chi connectivity index (χ1v) is 13.7. The zero-order valence-corrected chi connectivity index (χ0v) is 22.1. The van der Waals surface area contributed by atoms with Gasteiger partial charge in [0.2, 0.25) is 10.0 Å². The minimum absolute atomic E-state index is 0.00133. The molecule has 0 aliphatic carbocycles. The van der Waals surface area contributed by atoms with Crippen LogP contribution in [0.4, 0.5) is 10.5 Å². The predicted molar refractivity (Wildman–Crippen MR) is 149 cm³/mol. The lowest BCUT2D eigenvalue weighted by molar-refractivity contribution is -0.138. The summed E-state index contributed by atoms with van der Waals surface area (Å²) in [6.45, 7) is 0.362. The van der Waals surface area contributed by atoms with E-state index in [4.69, 9.17) is 11.6 Å². The number of carbonyl (C=O) groups excluding carboxylic acids is 1. The highest BCUT2D eigenvalue weighted by atomic mass is 35.5. The minimum Gasteiger partial charge on any atom is -0.480 e. The number of pyridine rings is 1. The van der Waals surface area contributed by atoms with E-state index in [2.05, 4.69) is 20.3 Å². The molecule has 0 bridgehead atoms. The Hall–Kier alpha value is -4.25. The molecule has 4 rings (SSSR count). The van der Waals surface area contributed by atoms with Crippen molar-refractivity contribution >= 4 is 39.3 Å². The molecule has 11 heteroatoms. The highest BCUT2D eigenvalue weighted by molar-refractivity contribution is 7.89. The van der Waals surface area contributed by atoms with Gasteiger partial charge in [-0.25, -0.2) is 13.2 Å². The van der Waals surface area contributed by atoms with Gasteiger partial charge in [0.15, 0.2) is 0 Å². The fraction of sp³-hybridized carbons (Fsp3) is 0.107. The van der Waals surface area contributed by atoms with E-state index >= 15 is 0 Å². The number of hydrogen-bond donors (Lipinski definition) is 4. The van der Waals surface area contributed by atoms with Crippen molar-refractivity contribution in [3.8, 4) is 11.1 Å². The van der Waals surface area contributed by atoms with Crippen LogP contribution in [0.3, 0.4) is 0 Å². The predicted octanol–water partition coefficient (Wildman–Crippen LogP) is 4.70. The third-order valence-electron chi connectivity index (χ3n) is 5.77. The molecule has 3 aromatic carbocycles. The summed E-state index contributed by atoms with van der Waals surface area (Å²) < 4.78 is 27.7. The van der Waals surface area contributed by atoms with E-state index in [9.17, 15) is 23.1 Å². The second-order valence-corrected chi connectivity index (χ2v) is 10.7. The number of carbonyl (C=O) groups is 2. The van der Waals surface area contributed by atoms with Crippen LogP contribution in [0.1, 0.15) is 11.1 Å². The highest BCUT2D eigenvalue weighted by Crippen LogP contribution is 2.24. The van der Waals surface area contributed by atoms with Crippen LogP contribution in [0.2, 0.25) is 5.02 Å². The molecule has 9 nitrogen and oxygen atoms in total. The molecular formula is C28H25ClN4O5S. The van der Waals surface area contributed by atoms with E-state index in [1.807, 2.05) is 30.3 Å². The third kappa shape index (κ3) is 7.64. The van der Waals surface area contributed by atoms with E-state index in [0.717, 1.165) is 16.7 Å². The van der Waals surface area contributed by atoms with Crippen molar-refractivity contribution < 1.29 is 23.1 Å². The molecule has 1 atom stereocenters. The fourth-order valence-electron chi connectivity index (χ4n) is 3.80. The lowest BCUT2D eigenvalue weighted by Crippen LogP contribution is -2.42. The monoisotopic (exact) mass is 564 g/mol. The summed E-state index contributed by atoms with van der Waals surface area (Å²) >= 11 is 5.99. The second-order valence-electron chi connectivity index (χ2n) is 8.59. The summed E-state index contributed by atoms with van der Waals surface area (Å²) in [6.07, 6.45) is 3.24. The number of aliphatic carboxylic acids is 1. The number of benzene rings is 3. The van der Waals surface area contributed by atoms with Crippen LogP contribution in [0.25, 0.3) is 11.1 Å². The number of urea groups is 1. The molecule has 200 valence electrons. The van der Waals surface area contributed by atoms with Gasteiger partial charge in [0, 0.05) is 24.6 Å². The van der Waals surface area contributed by atoms with Crippen LogP contribution in [0, 0.1) is 0 Å². The Morgan fingerprint density at radius 1 is 0.872 bits per heavy atom. The summed E-state index contributed by atoms with van der Waals surface area (Å²) in [5.41, 5.74) is 3.82. The molecule has 0 saturated heterocycles. The van der Waals surface area contributed by atoms with Gasteiger partial charge < -0.3 is 15.7 Å². The minimum atomic E-state index is -4.15. The topological polar surface area (TPSA) is 137 Å². The van der Waals surface area contributed by atoms with Crippen molar-refractivity contribution in [3.05, 3.63) is 113 Å². The smallest absolute Gasteiger partial charge is 0.322 e. The van der Waals surface area contributed by atoms with E-state index in [1.54, 1.807) is 48.8 Å². The number of anilines is 1. The Balaban J connectivity index is 1.40. The van der Waals surface area contributed by atoms with Crippen molar-refractivity contribution in [2.75, 3.05) is 5.32 Å². The van der Waals surface area contributed by atoms with Gasteiger partial charge in [0.25, 0.3) is 0 Å². The van der Waals surface area contributed by atoms with E-state index in [1.165, 1.54) is 18.2 Å². The molecule has 0 radical (unpaired) electrons. The van der Waals surface area contributed by atoms with Gasteiger partial charge in [-0.3, -0.25) is 9.78 Å². The molecule has 1 aromatic heterocycles. The standard InChI is InChI=1S/C28H25ClN4O5S/c29-24-6-1-2-7-26(24)39(37,38)33-25(27(34)35)16-19-8-10-21(11-9-19)22-4-3-5-23(17-22)32-28(36)31-18-20-12-14-30-15-13-20/h1-15,17,25,33H,16,18H2,(H,34,35)(H2,31,32,36). The Morgan fingerprint density at radius 2 is 1.59 bits per heavy atom. The van der Waals surface area contributed by atoms with E-state index in [-0.39, 0.29) is 22.4 Å². The van der Waals surface area contributed by atoms with Crippen LogP contribution in [-0.4, -0.2) is 36.6 Å². The van der Waals surface area contributed by atoms with Crippen LogP contribution in [0.15, 0.2) is 102 Å². The number of aromatic nitrogens is 1. The van der Waals surface area contributed by atoms with Crippen molar-refractivity contribution in [3.63, 3.8) is 0 Å². The molecule has 0 aliphatic rings. The van der Waals surface area contributed by atoms with Gasteiger partial charge in [-0.2, -0.15) is 4.72 Å². The Labute approximate surface area is 230 Å². The number of carboxylic acid groups (broad SMARTS) is 1. The summed E-state index contributed by atoms with van der Waals surface area (Å²) in [5, 5.41) is 15.2. The van der Waals surface area contributed by atoms with Crippen LogP contribution >= 0.6 is 11.6 Å². The van der Waals surface area contributed by atoms with Crippen molar-refractivity contribution in [2.45, 2.75) is 23.9 Å². The van der Waals surface area contributed by atoms with Gasteiger partial charge in [0.1, 0.15) is 10.9 Å². The molecule has 4 aromatic rings. The Morgan fingerprint density at radius 3 is 2.28 bits per heavy atom. The molecular weight excluding hydrogens is 540 g/mol. The average Bonchev–Trinajstić information content (AvgIpc) is 2.93. The Bertz CT molecular complexity index is 1560. The highest BCUT2D eigenvalue weighted by Gasteiger charge is 2.27. The van der Waals surface area contributed by atoms with Gasteiger partial charge in [0.05, 0.1) is 5.02 Å². The molecule has 39 heavy (non-hydrogen) atoms. The van der Waals surface area contributed by atoms with Crippen molar-refractivity contribution in [1.82, 2.24) is 15.0 Å². The van der Waals surface area contributed by atoms with Crippen LogP contribution in [0.5, 0.6) is 0 Å². The Kier molecular flexibility index (Phi) is 8.92. The van der Waals surface area contributed by atoms with Gasteiger partial charge in [-0.05, 0) is 65.1 Å². The van der Waals surface area contributed by atoms with E-state index in [0.29, 0.717) is 17.8 Å². The summed E-state index contributed by atoms with van der Waals surface area (Å²) in [6, 6.07) is 22.1. The molecule has 1 unspecified atom stereocenters. The second kappa shape index (κ2) is 12.5. The first-order chi connectivity index (χ1) is 18.7. The molecule has 0 fully saturated rings. The third-order valence-corrected chi connectivity index (χ3v) is 7.74. The lowest BCUT2D eigenvalue weighted by atomic mass is 10.0. The summed E-state index contributed by atoms with van der Waals surface area (Å²) in [5.74, 6) is -1.31. The molecule has 1 heterocycles.